The second kappa shape index (κ2) is 16.1. The van der Waals surface area contributed by atoms with Gasteiger partial charge in [-0.2, -0.15) is 0 Å². The molecule has 1 heterocycles. The largest absolute Gasteiger partial charge is 0.502 e. The van der Waals surface area contributed by atoms with Gasteiger partial charge in [-0.05, 0) is 38.0 Å². The monoisotopic (exact) mass is 422 g/mol. The van der Waals surface area contributed by atoms with Crippen molar-refractivity contribution >= 4 is 0 Å². The molecule has 0 radical (unpaired) electrons. The number of unbranched alkanes of at least 4 members (excludes halogenated alkanes) is 9. The number of ether oxygens (including phenoxy) is 3. The molecule has 176 valence electrons. The first kappa shape index (κ1) is 25.7. The van der Waals surface area contributed by atoms with E-state index in [9.17, 15) is 0 Å². The summed E-state index contributed by atoms with van der Waals surface area (Å²) < 4.78 is 17.6. The van der Waals surface area contributed by atoms with Crippen LogP contribution in [0.1, 0.15) is 122 Å². The zero-order valence-electron chi connectivity index (χ0n) is 20.0. The second-order valence-electron chi connectivity index (χ2n) is 9.74. The minimum Gasteiger partial charge on any atom is -0.502 e. The smallest absolute Gasteiger partial charge is 0.104 e. The number of hydrogen-bond donors (Lipinski definition) is 0. The summed E-state index contributed by atoms with van der Waals surface area (Å²) >= 11 is 0. The standard InChI is InChI=1S/C27H50O3/c1-3-5-6-7-9-15-20-27(30-24-26-23-29-26,25-18-13-12-14-19-25)21-16-10-8-11-17-22-28-4-2/h4,25-26H,2-3,5-24H2,1H3. The number of rotatable bonds is 20. The van der Waals surface area contributed by atoms with E-state index in [1.165, 1.54) is 109 Å². The maximum absolute atomic E-state index is 6.82. The predicted octanol–water partition coefficient (Wildman–Crippen LogP) is 7.97. The molecule has 0 aromatic heterocycles. The van der Waals surface area contributed by atoms with Gasteiger partial charge < -0.3 is 14.2 Å². The van der Waals surface area contributed by atoms with Gasteiger partial charge in [0.2, 0.25) is 0 Å². The molecule has 0 N–H and O–H groups in total. The van der Waals surface area contributed by atoms with Crippen LogP contribution in [-0.4, -0.2) is 31.5 Å². The van der Waals surface area contributed by atoms with Crippen molar-refractivity contribution in [2.24, 2.45) is 5.92 Å². The van der Waals surface area contributed by atoms with Crippen LogP contribution in [0, 0.1) is 5.92 Å². The van der Waals surface area contributed by atoms with Gasteiger partial charge in [-0.1, -0.05) is 97.0 Å². The van der Waals surface area contributed by atoms with Crippen molar-refractivity contribution in [2.45, 2.75) is 134 Å². The molecule has 0 aromatic rings. The van der Waals surface area contributed by atoms with Gasteiger partial charge in [0.25, 0.3) is 0 Å². The fourth-order valence-electron chi connectivity index (χ4n) is 5.28. The van der Waals surface area contributed by atoms with E-state index >= 15 is 0 Å². The van der Waals surface area contributed by atoms with Crippen LogP contribution in [0.5, 0.6) is 0 Å². The Labute approximate surface area is 187 Å². The van der Waals surface area contributed by atoms with E-state index in [2.05, 4.69) is 13.5 Å². The quantitative estimate of drug-likeness (QED) is 0.113. The third-order valence-corrected chi connectivity index (χ3v) is 7.24. The molecule has 1 saturated carbocycles. The van der Waals surface area contributed by atoms with Crippen molar-refractivity contribution in [3.63, 3.8) is 0 Å². The molecule has 0 aromatic carbocycles. The van der Waals surface area contributed by atoms with Crippen molar-refractivity contribution in [1.29, 1.82) is 0 Å². The Morgan fingerprint density at radius 3 is 2.07 bits per heavy atom. The molecule has 1 aliphatic heterocycles. The topological polar surface area (TPSA) is 31.0 Å². The summed E-state index contributed by atoms with van der Waals surface area (Å²) in [5.41, 5.74) is 0.114. The van der Waals surface area contributed by atoms with E-state index in [4.69, 9.17) is 14.2 Å². The van der Waals surface area contributed by atoms with Crippen LogP contribution < -0.4 is 0 Å². The van der Waals surface area contributed by atoms with Crippen LogP contribution in [0.2, 0.25) is 0 Å². The third-order valence-electron chi connectivity index (χ3n) is 7.24. The van der Waals surface area contributed by atoms with E-state index < -0.39 is 0 Å². The lowest BCUT2D eigenvalue weighted by Crippen LogP contribution is -2.43. The van der Waals surface area contributed by atoms with E-state index in [1.807, 2.05) is 0 Å². The van der Waals surface area contributed by atoms with Crippen molar-refractivity contribution < 1.29 is 14.2 Å². The van der Waals surface area contributed by atoms with E-state index in [0.29, 0.717) is 6.10 Å². The van der Waals surface area contributed by atoms with Gasteiger partial charge in [0.1, 0.15) is 6.10 Å². The molecule has 2 unspecified atom stereocenters. The SMILES string of the molecule is C=COCCCCCCCC(CCCCCCCC)(OCC1CO1)C1CCCCC1. The first-order valence-corrected chi connectivity index (χ1v) is 13.3. The summed E-state index contributed by atoms with van der Waals surface area (Å²) in [6.07, 6.45) is 26.0. The summed E-state index contributed by atoms with van der Waals surface area (Å²) in [6.45, 7) is 8.46. The first-order chi connectivity index (χ1) is 14.8. The zero-order valence-corrected chi connectivity index (χ0v) is 20.0. The van der Waals surface area contributed by atoms with Gasteiger partial charge >= 0.3 is 0 Å². The first-order valence-electron chi connectivity index (χ1n) is 13.3. The van der Waals surface area contributed by atoms with Crippen LogP contribution in [0.3, 0.4) is 0 Å². The highest BCUT2D eigenvalue weighted by Gasteiger charge is 2.40. The van der Waals surface area contributed by atoms with Gasteiger partial charge in [-0.15, -0.1) is 0 Å². The van der Waals surface area contributed by atoms with Gasteiger partial charge in [0.15, 0.2) is 0 Å². The summed E-state index contributed by atoms with van der Waals surface area (Å²) in [4.78, 5) is 0. The molecular formula is C27H50O3. The third kappa shape index (κ3) is 10.7. The summed E-state index contributed by atoms with van der Waals surface area (Å²) in [5, 5.41) is 0. The van der Waals surface area contributed by atoms with Crippen molar-refractivity contribution in [3.05, 3.63) is 12.8 Å². The van der Waals surface area contributed by atoms with Crippen molar-refractivity contribution in [3.8, 4) is 0 Å². The predicted molar refractivity (Wildman–Crippen MR) is 127 cm³/mol. The molecule has 2 aliphatic rings. The molecule has 2 rings (SSSR count). The highest BCUT2D eigenvalue weighted by molar-refractivity contribution is 4.91. The number of epoxide rings is 1. The normalized spacial score (nSPS) is 21.3. The molecule has 3 heteroatoms. The fourth-order valence-corrected chi connectivity index (χ4v) is 5.28. The molecule has 0 spiro atoms. The molecule has 1 aliphatic carbocycles. The van der Waals surface area contributed by atoms with E-state index in [-0.39, 0.29) is 5.60 Å². The van der Waals surface area contributed by atoms with E-state index in [1.54, 1.807) is 6.26 Å². The zero-order chi connectivity index (χ0) is 21.3. The van der Waals surface area contributed by atoms with Crippen molar-refractivity contribution in [1.82, 2.24) is 0 Å². The van der Waals surface area contributed by atoms with Gasteiger partial charge in [-0.25, -0.2) is 0 Å². The Morgan fingerprint density at radius 2 is 1.47 bits per heavy atom. The van der Waals surface area contributed by atoms with Crippen LogP contribution in [0.15, 0.2) is 12.8 Å². The van der Waals surface area contributed by atoms with Gasteiger partial charge in [0.05, 0.1) is 31.7 Å². The molecule has 1 saturated heterocycles. The lowest BCUT2D eigenvalue weighted by molar-refractivity contribution is -0.114. The Morgan fingerprint density at radius 1 is 0.867 bits per heavy atom. The van der Waals surface area contributed by atoms with Gasteiger partial charge in [-0.3, -0.25) is 0 Å². The summed E-state index contributed by atoms with van der Waals surface area (Å²) in [6, 6.07) is 0. The highest BCUT2D eigenvalue weighted by Crippen LogP contribution is 2.42. The molecule has 30 heavy (non-hydrogen) atoms. The van der Waals surface area contributed by atoms with Crippen LogP contribution in [0.4, 0.5) is 0 Å². The Kier molecular flexibility index (Phi) is 13.8. The van der Waals surface area contributed by atoms with Crippen LogP contribution in [-0.2, 0) is 14.2 Å². The summed E-state index contributed by atoms with van der Waals surface area (Å²) in [5.74, 6) is 0.765. The molecule has 0 amide bonds. The second-order valence-corrected chi connectivity index (χ2v) is 9.74. The maximum atomic E-state index is 6.82. The van der Waals surface area contributed by atoms with Gasteiger partial charge in [0, 0.05) is 0 Å². The Hall–Kier alpha value is -0.540. The number of hydrogen-bond acceptors (Lipinski definition) is 3. The van der Waals surface area contributed by atoms with Crippen LogP contribution in [0.25, 0.3) is 0 Å². The summed E-state index contributed by atoms with van der Waals surface area (Å²) in [7, 11) is 0. The Bertz CT molecular complexity index is 414. The minimum absolute atomic E-state index is 0.114. The Balaban J connectivity index is 1.83. The lowest BCUT2D eigenvalue weighted by atomic mass is 9.71. The average Bonchev–Trinajstić information content (AvgIpc) is 3.61. The molecule has 2 atom stereocenters. The van der Waals surface area contributed by atoms with Crippen molar-refractivity contribution in [2.75, 3.05) is 19.8 Å². The highest BCUT2D eigenvalue weighted by atomic mass is 16.6. The minimum atomic E-state index is 0.114. The fraction of sp³-hybridized carbons (Fsp3) is 0.926. The molecule has 0 bridgehead atoms. The van der Waals surface area contributed by atoms with Crippen LogP contribution >= 0.6 is 0 Å². The maximum Gasteiger partial charge on any atom is 0.104 e. The molecule has 3 nitrogen and oxygen atoms in total. The molecular weight excluding hydrogens is 372 g/mol. The average molecular weight is 423 g/mol. The lowest BCUT2D eigenvalue weighted by Gasteiger charge is -2.43. The van der Waals surface area contributed by atoms with E-state index in [0.717, 1.165) is 32.2 Å². The molecule has 2 fully saturated rings.